The van der Waals surface area contributed by atoms with Gasteiger partial charge in [-0.25, -0.2) is 0 Å². The minimum atomic E-state index is 0.00289. The maximum atomic E-state index is 6.37. The Labute approximate surface area is 109 Å². The van der Waals surface area contributed by atoms with Gasteiger partial charge in [0.15, 0.2) is 0 Å². The van der Waals surface area contributed by atoms with E-state index in [4.69, 9.17) is 5.73 Å². The largest absolute Gasteiger partial charge is 0.323 e. The summed E-state index contributed by atoms with van der Waals surface area (Å²) in [6.07, 6.45) is 2.28. The van der Waals surface area contributed by atoms with Gasteiger partial charge in [0.2, 0.25) is 0 Å². The summed E-state index contributed by atoms with van der Waals surface area (Å²) in [6, 6.07) is 9.24. The van der Waals surface area contributed by atoms with Crippen LogP contribution in [-0.2, 0) is 0 Å². The highest BCUT2D eigenvalue weighted by Gasteiger charge is 2.47. The van der Waals surface area contributed by atoms with E-state index in [2.05, 4.69) is 50.2 Å². The number of hydrogen-bond donors (Lipinski definition) is 1. The number of rotatable bonds is 5. The fraction of sp³-hybridized carbons (Fsp3) is 0.571. The lowest BCUT2D eigenvalue weighted by atomic mass is 9.97. The molecule has 0 spiro atoms. The van der Waals surface area contributed by atoms with Crippen LogP contribution >= 0.6 is 11.8 Å². The molecule has 1 unspecified atom stereocenters. The number of benzene rings is 1. The van der Waals surface area contributed by atoms with E-state index < -0.39 is 0 Å². The first kappa shape index (κ1) is 12.9. The molecule has 1 aliphatic carbocycles. The molecule has 2 nitrogen and oxygen atoms in total. The average Bonchev–Trinajstić information content (AvgIpc) is 3.00. The van der Waals surface area contributed by atoms with E-state index in [0.717, 1.165) is 18.6 Å². The van der Waals surface area contributed by atoms with E-state index in [1.54, 1.807) is 0 Å². The van der Waals surface area contributed by atoms with Crippen molar-refractivity contribution < 1.29 is 0 Å². The van der Waals surface area contributed by atoms with Crippen molar-refractivity contribution in [2.45, 2.75) is 36.2 Å². The van der Waals surface area contributed by atoms with E-state index in [9.17, 15) is 0 Å². The average molecular weight is 250 g/mol. The highest BCUT2D eigenvalue weighted by molar-refractivity contribution is 7.99. The normalized spacial score (nSPS) is 19.4. The van der Waals surface area contributed by atoms with E-state index in [-0.39, 0.29) is 5.54 Å². The molecular formula is C14H22N2S. The summed E-state index contributed by atoms with van der Waals surface area (Å²) in [5.74, 6) is 1.12. The smallest absolute Gasteiger partial charge is 0.0523 e. The molecule has 0 aromatic heterocycles. The molecule has 0 bridgehead atoms. The Bertz CT molecular complexity index is 368. The first-order valence-electron chi connectivity index (χ1n) is 6.25. The van der Waals surface area contributed by atoms with Crippen LogP contribution in [0.25, 0.3) is 0 Å². The highest BCUT2D eigenvalue weighted by atomic mass is 32.2. The van der Waals surface area contributed by atoms with Crippen molar-refractivity contribution >= 4 is 11.8 Å². The van der Waals surface area contributed by atoms with Crippen molar-refractivity contribution in [3.05, 3.63) is 29.8 Å². The van der Waals surface area contributed by atoms with Crippen LogP contribution in [0.4, 0.5) is 0 Å². The van der Waals surface area contributed by atoms with Crippen LogP contribution in [0, 0.1) is 0 Å². The molecule has 0 saturated heterocycles. The lowest BCUT2D eigenvalue weighted by Gasteiger charge is -2.30. The zero-order chi connectivity index (χ0) is 12.5. The predicted octanol–water partition coefficient (Wildman–Crippen LogP) is 2.89. The van der Waals surface area contributed by atoms with Gasteiger partial charge in [-0.05, 0) is 50.4 Å². The molecule has 94 valence electrons. The summed E-state index contributed by atoms with van der Waals surface area (Å²) >= 11 is 1.88. The summed E-state index contributed by atoms with van der Waals surface area (Å²) in [5, 5.41) is 0. The van der Waals surface area contributed by atoms with Crippen LogP contribution in [0.3, 0.4) is 0 Å². The Morgan fingerprint density at radius 2 is 1.88 bits per heavy atom. The monoisotopic (exact) mass is 250 g/mol. The Morgan fingerprint density at radius 3 is 2.29 bits per heavy atom. The summed E-state index contributed by atoms with van der Waals surface area (Å²) in [5.41, 5.74) is 7.72. The van der Waals surface area contributed by atoms with Crippen LogP contribution in [-0.4, -0.2) is 30.3 Å². The summed E-state index contributed by atoms with van der Waals surface area (Å²) in [6.45, 7) is 2.18. The van der Waals surface area contributed by atoms with Crippen LogP contribution in [0.5, 0.6) is 0 Å². The van der Waals surface area contributed by atoms with Gasteiger partial charge in [0, 0.05) is 10.4 Å². The maximum Gasteiger partial charge on any atom is 0.0523 e. The second-order valence-corrected chi connectivity index (χ2v) is 6.44. The molecule has 1 fully saturated rings. The van der Waals surface area contributed by atoms with Crippen molar-refractivity contribution in [2.24, 2.45) is 5.73 Å². The minimum absolute atomic E-state index is 0.00289. The number of likely N-dealkylation sites (N-methyl/N-ethyl adjacent to an activating group) is 1. The van der Waals surface area contributed by atoms with E-state index >= 15 is 0 Å². The number of nitrogens with two attached hydrogens (primary N) is 1. The zero-order valence-corrected chi connectivity index (χ0v) is 11.8. The first-order valence-corrected chi connectivity index (χ1v) is 7.23. The molecule has 0 aliphatic heterocycles. The van der Waals surface area contributed by atoms with Gasteiger partial charge in [0.1, 0.15) is 0 Å². The number of thioether (sulfide) groups is 1. The molecule has 1 aliphatic rings. The van der Waals surface area contributed by atoms with Gasteiger partial charge in [-0.3, -0.25) is 0 Å². The third kappa shape index (κ3) is 2.84. The maximum absolute atomic E-state index is 6.37. The van der Waals surface area contributed by atoms with Crippen molar-refractivity contribution in [1.82, 2.24) is 4.90 Å². The molecule has 1 aromatic rings. The Hall–Kier alpha value is -0.510. The lowest BCUT2D eigenvalue weighted by molar-refractivity contribution is 0.246. The number of hydrogen-bond acceptors (Lipinski definition) is 3. The number of nitrogens with zero attached hydrogens (tertiary/aromatic N) is 1. The van der Waals surface area contributed by atoms with Gasteiger partial charge in [-0.2, -0.15) is 0 Å². The molecule has 3 heteroatoms. The topological polar surface area (TPSA) is 29.3 Å². The van der Waals surface area contributed by atoms with Crippen molar-refractivity contribution in [3.8, 4) is 0 Å². The van der Waals surface area contributed by atoms with Gasteiger partial charge in [0.05, 0.1) is 6.04 Å². The molecule has 17 heavy (non-hydrogen) atoms. The van der Waals surface area contributed by atoms with Crippen molar-refractivity contribution in [2.75, 3.05) is 19.8 Å². The molecule has 1 aromatic carbocycles. The van der Waals surface area contributed by atoms with E-state index in [1.165, 1.54) is 10.5 Å². The Balaban J connectivity index is 2.19. The summed E-state index contributed by atoms with van der Waals surface area (Å²) < 4.78 is 0. The fourth-order valence-corrected chi connectivity index (χ4v) is 3.14. The molecule has 1 atom stereocenters. The molecule has 0 heterocycles. The van der Waals surface area contributed by atoms with Gasteiger partial charge in [-0.1, -0.05) is 19.1 Å². The quantitative estimate of drug-likeness (QED) is 0.815. The molecule has 1 saturated carbocycles. The molecule has 2 N–H and O–H groups in total. The van der Waals surface area contributed by atoms with Crippen LogP contribution < -0.4 is 5.73 Å². The van der Waals surface area contributed by atoms with Crippen molar-refractivity contribution in [3.63, 3.8) is 0 Å². The first-order chi connectivity index (χ1) is 8.07. The second-order valence-electron chi connectivity index (χ2n) is 5.10. The second kappa shape index (κ2) is 5.01. The van der Waals surface area contributed by atoms with E-state index in [0.29, 0.717) is 6.04 Å². The molecule has 2 rings (SSSR count). The third-order valence-corrected chi connectivity index (χ3v) is 4.29. The third-order valence-electron chi connectivity index (χ3n) is 3.40. The Morgan fingerprint density at radius 1 is 1.29 bits per heavy atom. The SMILES string of the molecule is CCSc1ccc(C(N(C)C)C2(N)CC2)cc1. The molecule has 0 amide bonds. The molecule has 0 radical (unpaired) electrons. The van der Waals surface area contributed by atoms with Crippen molar-refractivity contribution in [1.29, 1.82) is 0 Å². The standard InChI is InChI=1S/C14H22N2S/c1-4-17-12-7-5-11(6-8-12)13(16(2)3)14(15)9-10-14/h5-8,13H,4,9-10,15H2,1-3H3. The summed E-state index contributed by atoms with van der Waals surface area (Å²) in [7, 11) is 4.23. The van der Waals surface area contributed by atoms with Gasteiger partial charge < -0.3 is 10.6 Å². The lowest BCUT2D eigenvalue weighted by Crippen LogP contribution is -2.39. The molecular weight excluding hydrogens is 228 g/mol. The Kier molecular flexibility index (Phi) is 3.81. The van der Waals surface area contributed by atoms with Crippen LogP contribution in [0.2, 0.25) is 0 Å². The zero-order valence-electron chi connectivity index (χ0n) is 10.9. The fourth-order valence-electron chi connectivity index (χ4n) is 2.48. The van der Waals surface area contributed by atoms with Crippen LogP contribution in [0.1, 0.15) is 31.4 Å². The highest BCUT2D eigenvalue weighted by Crippen LogP contribution is 2.46. The minimum Gasteiger partial charge on any atom is -0.323 e. The van der Waals surface area contributed by atoms with Crippen LogP contribution in [0.15, 0.2) is 29.2 Å². The van der Waals surface area contributed by atoms with Gasteiger partial charge in [-0.15, -0.1) is 11.8 Å². The van der Waals surface area contributed by atoms with E-state index in [1.807, 2.05) is 11.8 Å². The van der Waals surface area contributed by atoms with Gasteiger partial charge in [0.25, 0.3) is 0 Å². The predicted molar refractivity (Wildman–Crippen MR) is 75.4 cm³/mol. The summed E-state index contributed by atoms with van der Waals surface area (Å²) in [4.78, 5) is 3.59. The van der Waals surface area contributed by atoms with Gasteiger partial charge >= 0.3 is 0 Å².